The maximum absolute atomic E-state index is 12.2. The lowest BCUT2D eigenvalue weighted by Crippen LogP contribution is -2.29. The smallest absolute Gasteiger partial charge is 0.270 e. The largest absolute Gasteiger partial charge is 0.350 e. The fourth-order valence-corrected chi connectivity index (χ4v) is 2.05. The second-order valence-corrected chi connectivity index (χ2v) is 6.18. The summed E-state index contributed by atoms with van der Waals surface area (Å²) in [6.45, 7) is 7.04. The molecule has 0 bridgehead atoms. The first kappa shape index (κ1) is 17.7. The SMILES string of the molecule is Cc1ccc(CNC(=O)c2cccc(C(=O)NCC(C)C)n2)cc1. The van der Waals surface area contributed by atoms with Crippen molar-refractivity contribution in [2.24, 2.45) is 5.92 Å². The second kappa shape index (κ2) is 8.24. The summed E-state index contributed by atoms with van der Waals surface area (Å²) in [4.78, 5) is 28.4. The molecular weight excluding hydrogens is 302 g/mol. The van der Waals surface area contributed by atoms with Crippen LogP contribution in [0.25, 0.3) is 0 Å². The summed E-state index contributed by atoms with van der Waals surface area (Å²) in [6.07, 6.45) is 0. The van der Waals surface area contributed by atoms with Crippen molar-refractivity contribution in [1.82, 2.24) is 15.6 Å². The lowest BCUT2D eigenvalue weighted by Gasteiger charge is -2.09. The predicted molar refractivity (Wildman–Crippen MR) is 93.8 cm³/mol. The van der Waals surface area contributed by atoms with Crippen molar-refractivity contribution >= 4 is 11.8 Å². The van der Waals surface area contributed by atoms with E-state index in [0.717, 1.165) is 5.56 Å². The Morgan fingerprint density at radius 3 is 2.12 bits per heavy atom. The Bertz CT molecular complexity index is 709. The molecule has 0 unspecified atom stereocenters. The zero-order valence-corrected chi connectivity index (χ0v) is 14.3. The number of carbonyl (C=O) groups is 2. The lowest BCUT2D eigenvalue weighted by atomic mass is 10.1. The molecule has 0 fully saturated rings. The van der Waals surface area contributed by atoms with E-state index in [4.69, 9.17) is 0 Å². The van der Waals surface area contributed by atoms with E-state index in [0.29, 0.717) is 19.0 Å². The molecule has 2 rings (SSSR count). The average molecular weight is 325 g/mol. The molecule has 0 radical (unpaired) electrons. The summed E-state index contributed by atoms with van der Waals surface area (Å²) in [5, 5.41) is 5.61. The number of hydrogen-bond acceptors (Lipinski definition) is 3. The lowest BCUT2D eigenvalue weighted by molar-refractivity contribution is 0.0940. The molecule has 5 heteroatoms. The Morgan fingerprint density at radius 2 is 1.54 bits per heavy atom. The van der Waals surface area contributed by atoms with Crippen LogP contribution in [-0.4, -0.2) is 23.3 Å². The van der Waals surface area contributed by atoms with E-state index in [2.05, 4.69) is 15.6 Å². The number of amides is 2. The number of carbonyl (C=O) groups excluding carboxylic acids is 2. The number of benzene rings is 1. The molecule has 126 valence electrons. The van der Waals surface area contributed by atoms with Crippen LogP contribution in [0.1, 0.15) is 46.0 Å². The highest BCUT2D eigenvalue weighted by Crippen LogP contribution is 2.04. The Hall–Kier alpha value is -2.69. The van der Waals surface area contributed by atoms with Gasteiger partial charge in [-0.15, -0.1) is 0 Å². The third-order valence-electron chi connectivity index (χ3n) is 3.46. The Kier molecular flexibility index (Phi) is 6.07. The Labute approximate surface area is 142 Å². The van der Waals surface area contributed by atoms with E-state index in [1.54, 1.807) is 18.2 Å². The van der Waals surface area contributed by atoms with E-state index < -0.39 is 0 Å². The zero-order valence-electron chi connectivity index (χ0n) is 14.3. The highest BCUT2D eigenvalue weighted by Gasteiger charge is 2.12. The van der Waals surface area contributed by atoms with E-state index in [9.17, 15) is 9.59 Å². The number of rotatable bonds is 6. The molecule has 1 aromatic carbocycles. The van der Waals surface area contributed by atoms with Gasteiger partial charge in [0.05, 0.1) is 0 Å². The van der Waals surface area contributed by atoms with E-state index >= 15 is 0 Å². The third kappa shape index (κ3) is 5.19. The van der Waals surface area contributed by atoms with E-state index in [-0.39, 0.29) is 23.2 Å². The molecule has 0 spiro atoms. The molecule has 2 amide bonds. The standard InChI is InChI=1S/C19H23N3O2/c1-13(2)11-20-18(23)16-5-4-6-17(22-16)19(24)21-12-15-9-7-14(3)8-10-15/h4-10,13H,11-12H2,1-3H3,(H,20,23)(H,21,24). The molecule has 0 aliphatic carbocycles. The van der Waals surface area contributed by atoms with Crippen LogP contribution in [0.3, 0.4) is 0 Å². The van der Waals surface area contributed by atoms with Crippen LogP contribution >= 0.6 is 0 Å². The molecule has 24 heavy (non-hydrogen) atoms. The first-order chi connectivity index (χ1) is 11.5. The first-order valence-corrected chi connectivity index (χ1v) is 8.04. The first-order valence-electron chi connectivity index (χ1n) is 8.04. The van der Waals surface area contributed by atoms with Crippen LogP contribution in [0, 0.1) is 12.8 Å². The number of nitrogens with zero attached hydrogens (tertiary/aromatic N) is 1. The van der Waals surface area contributed by atoms with Gasteiger partial charge in [-0.1, -0.05) is 49.7 Å². The van der Waals surface area contributed by atoms with Crippen LogP contribution in [-0.2, 0) is 6.54 Å². The molecule has 1 heterocycles. The van der Waals surface area contributed by atoms with Crippen LogP contribution in [0.4, 0.5) is 0 Å². The Balaban J connectivity index is 1.98. The van der Waals surface area contributed by atoms with Crippen LogP contribution < -0.4 is 10.6 Å². The minimum absolute atomic E-state index is 0.235. The van der Waals surface area contributed by atoms with Crippen molar-refractivity contribution in [2.45, 2.75) is 27.3 Å². The number of hydrogen-bond donors (Lipinski definition) is 2. The molecule has 0 saturated heterocycles. The number of pyridine rings is 1. The molecule has 0 atom stereocenters. The normalized spacial score (nSPS) is 10.5. The summed E-state index contributed by atoms with van der Waals surface area (Å²) in [6, 6.07) is 12.8. The minimum atomic E-state index is -0.297. The summed E-state index contributed by atoms with van der Waals surface area (Å²) >= 11 is 0. The highest BCUT2D eigenvalue weighted by atomic mass is 16.2. The molecule has 1 aromatic heterocycles. The van der Waals surface area contributed by atoms with Gasteiger partial charge in [0.2, 0.25) is 0 Å². The summed E-state index contributed by atoms with van der Waals surface area (Å²) in [5.41, 5.74) is 2.67. The summed E-state index contributed by atoms with van der Waals surface area (Å²) < 4.78 is 0. The van der Waals surface area contributed by atoms with Crippen LogP contribution in [0.5, 0.6) is 0 Å². The maximum atomic E-state index is 12.2. The van der Waals surface area contributed by atoms with E-state index in [1.807, 2.05) is 45.0 Å². The van der Waals surface area contributed by atoms with Crippen LogP contribution in [0.15, 0.2) is 42.5 Å². The van der Waals surface area contributed by atoms with Gasteiger partial charge in [0.15, 0.2) is 0 Å². The van der Waals surface area contributed by atoms with Crippen molar-refractivity contribution in [1.29, 1.82) is 0 Å². The molecule has 0 aliphatic rings. The van der Waals surface area contributed by atoms with Gasteiger partial charge < -0.3 is 10.6 Å². The topological polar surface area (TPSA) is 71.1 Å². The van der Waals surface area contributed by atoms with Gasteiger partial charge in [-0.3, -0.25) is 9.59 Å². The van der Waals surface area contributed by atoms with Gasteiger partial charge in [-0.05, 0) is 30.5 Å². The summed E-state index contributed by atoms with van der Waals surface area (Å²) in [7, 11) is 0. The zero-order chi connectivity index (χ0) is 17.5. The van der Waals surface area contributed by atoms with Crippen LogP contribution in [0.2, 0.25) is 0 Å². The molecule has 0 saturated carbocycles. The van der Waals surface area contributed by atoms with Crippen molar-refractivity contribution in [3.8, 4) is 0 Å². The maximum Gasteiger partial charge on any atom is 0.270 e. The van der Waals surface area contributed by atoms with Crippen molar-refractivity contribution < 1.29 is 9.59 Å². The van der Waals surface area contributed by atoms with Gasteiger partial charge in [0.1, 0.15) is 11.4 Å². The number of nitrogens with one attached hydrogen (secondary N) is 2. The molecule has 2 aromatic rings. The monoisotopic (exact) mass is 325 g/mol. The number of aromatic nitrogens is 1. The van der Waals surface area contributed by atoms with Crippen molar-refractivity contribution in [2.75, 3.05) is 6.54 Å². The molecule has 0 aliphatic heterocycles. The third-order valence-corrected chi connectivity index (χ3v) is 3.46. The second-order valence-electron chi connectivity index (χ2n) is 6.18. The fraction of sp³-hybridized carbons (Fsp3) is 0.316. The fourth-order valence-electron chi connectivity index (χ4n) is 2.05. The molecular formula is C19H23N3O2. The number of aryl methyl sites for hydroxylation is 1. The van der Waals surface area contributed by atoms with Crippen molar-refractivity contribution in [3.05, 3.63) is 65.0 Å². The van der Waals surface area contributed by atoms with Crippen molar-refractivity contribution in [3.63, 3.8) is 0 Å². The summed E-state index contributed by atoms with van der Waals surface area (Å²) in [5.74, 6) is -0.207. The highest BCUT2D eigenvalue weighted by molar-refractivity contribution is 5.96. The van der Waals surface area contributed by atoms with Gasteiger partial charge in [-0.2, -0.15) is 0 Å². The van der Waals surface area contributed by atoms with Gasteiger partial charge >= 0.3 is 0 Å². The molecule has 2 N–H and O–H groups in total. The molecule has 5 nitrogen and oxygen atoms in total. The minimum Gasteiger partial charge on any atom is -0.350 e. The van der Waals surface area contributed by atoms with Gasteiger partial charge in [0, 0.05) is 13.1 Å². The quantitative estimate of drug-likeness (QED) is 0.858. The Morgan fingerprint density at radius 1 is 0.958 bits per heavy atom. The van der Waals surface area contributed by atoms with Gasteiger partial charge in [0.25, 0.3) is 11.8 Å². The van der Waals surface area contributed by atoms with Gasteiger partial charge in [-0.25, -0.2) is 4.98 Å². The predicted octanol–water partition coefficient (Wildman–Crippen LogP) is 2.71. The van der Waals surface area contributed by atoms with E-state index in [1.165, 1.54) is 5.56 Å². The average Bonchev–Trinajstić information content (AvgIpc) is 2.59.